The van der Waals surface area contributed by atoms with Crippen LogP contribution in [0.15, 0.2) is 30.5 Å². The molecule has 0 aliphatic carbocycles. The summed E-state index contributed by atoms with van der Waals surface area (Å²) < 4.78 is 18.5. The Bertz CT molecular complexity index is 933. The predicted molar refractivity (Wildman–Crippen MR) is 85.6 cm³/mol. The minimum absolute atomic E-state index is 0.0645. The average molecular weight is 347 g/mol. The summed E-state index contributed by atoms with van der Waals surface area (Å²) in [5.74, 6) is -2.50. The SMILES string of the molecule is CC(C)c1nc(C(=O)Oc2nc(Cl)ncc2F)nc2ccccc12. The number of ether oxygens (including phenoxy) is 1. The second kappa shape index (κ2) is 6.45. The van der Waals surface area contributed by atoms with Gasteiger partial charge in [0.05, 0.1) is 17.4 Å². The van der Waals surface area contributed by atoms with Crippen molar-refractivity contribution in [3.05, 3.63) is 53.1 Å². The highest BCUT2D eigenvalue weighted by molar-refractivity contribution is 6.28. The summed E-state index contributed by atoms with van der Waals surface area (Å²) in [7, 11) is 0. The topological polar surface area (TPSA) is 77.9 Å². The molecule has 24 heavy (non-hydrogen) atoms. The standard InChI is InChI=1S/C16H12ClFN4O2/c1-8(2)12-9-5-3-4-6-11(9)20-13(21-12)15(23)24-14-10(18)7-19-16(17)22-14/h3-8H,1-2H3. The molecule has 122 valence electrons. The number of hydrogen-bond acceptors (Lipinski definition) is 6. The van der Waals surface area contributed by atoms with Crippen molar-refractivity contribution in [1.29, 1.82) is 0 Å². The van der Waals surface area contributed by atoms with Gasteiger partial charge in [-0.05, 0) is 23.6 Å². The molecule has 3 aromatic rings. The van der Waals surface area contributed by atoms with Crippen molar-refractivity contribution in [3.63, 3.8) is 0 Å². The molecule has 0 radical (unpaired) electrons. The molecule has 0 aliphatic heterocycles. The van der Waals surface area contributed by atoms with Gasteiger partial charge in [0, 0.05) is 5.39 Å². The molecule has 3 rings (SSSR count). The zero-order valence-electron chi connectivity index (χ0n) is 12.8. The van der Waals surface area contributed by atoms with E-state index in [1.807, 2.05) is 26.0 Å². The molecule has 2 aromatic heterocycles. The van der Waals surface area contributed by atoms with Gasteiger partial charge in [0.25, 0.3) is 5.88 Å². The van der Waals surface area contributed by atoms with E-state index in [0.717, 1.165) is 11.6 Å². The summed E-state index contributed by atoms with van der Waals surface area (Å²) in [6, 6.07) is 7.32. The van der Waals surface area contributed by atoms with Gasteiger partial charge in [0.15, 0.2) is 0 Å². The van der Waals surface area contributed by atoms with Gasteiger partial charge in [-0.2, -0.15) is 9.37 Å². The number of nitrogens with zero attached hydrogens (tertiary/aromatic N) is 4. The highest BCUT2D eigenvalue weighted by Crippen LogP contribution is 2.23. The van der Waals surface area contributed by atoms with Gasteiger partial charge in [0.2, 0.25) is 16.9 Å². The third-order valence-electron chi connectivity index (χ3n) is 3.23. The summed E-state index contributed by atoms with van der Waals surface area (Å²) in [5.41, 5.74) is 1.30. The van der Waals surface area contributed by atoms with Crippen LogP contribution in [0.4, 0.5) is 4.39 Å². The first-order valence-corrected chi connectivity index (χ1v) is 7.50. The highest BCUT2D eigenvalue weighted by Gasteiger charge is 2.20. The minimum atomic E-state index is -0.920. The largest absolute Gasteiger partial charge is 0.398 e. The molecule has 0 N–H and O–H groups in total. The lowest BCUT2D eigenvalue weighted by Crippen LogP contribution is -2.16. The highest BCUT2D eigenvalue weighted by atomic mass is 35.5. The first-order chi connectivity index (χ1) is 11.5. The van der Waals surface area contributed by atoms with Crippen LogP contribution in [0.1, 0.15) is 36.1 Å². The summed E-state index contributed by atoms with van der Waals surface area (Å²) in [4.78, 5) is 27.7. The fraction of sp³-hybridized carbons (Fsp3) is 0.188. The maximum absolute atomic E-state index is 13.6. The van der Waals surface area contributed by atoms with Crippen LogP contribution in [0.25, 0.3) is 10.9 Å². The molecule has 0 aliphatic rings. The van der Waals surface area contributed by atoms with Gasteiger partial charge in [-0.15, -0.1) is 0 Å². The second-order valence-corrected chi connectivity index (χ2v) is 5.62. The van der Waals surface area contributed by atoms with E-state index in [-0.39, 0.29) is 17.0 Å². The summed E-state index contributed by atoms with van der Waals surface area (Å²) in [6.45, 7) is 3.90. The molecule has 6 nitrogen and oxygen atoms in total. The Morgan fingerprint density at radius 2 is 1.96 bits per heavy atom. The monoisotopic (exact) mass is 346 g/mol. The molecule has 2 heterocycles. The Morgan fingerprint density at radius 1 is 1.21 bits per heavy atom. The van der Waals surface area contributed by atoms with Gasteiger partial charge >= 0.3 is 5.97 Å². The Kier molecular flexibility index (Phi) is 4.35. The first kappa shape index (κ1) is 16.2. The number of carbonyl (C=O) groups excluding carboxylic acids is 1. The Hall–Kier alpha value is -2.67. The molecule has 0 amide bonds. The normalized spacial score (nSPS) is 11.0. The molecule has 1 aromatic carbocycles. The van der Waals surface area contributed by atoms with E-state index in [1.165, 1.54) is 0 Å². The molecule has 8 heteroatoms. The molecule has 0 saturated heterocycles. The lowest BCUT2D eigenvalue weighted by atomic mass is 10.0. The van der Waals surface area contributed by atoms with Crippen LogP contribution in [-0.4, -0.2) is 25.9 Å². The fourth-order valence-corrected chi connectivity index (χ4v) is 2.29. The number of benzene rings is 1. The fourth-order valence-electron chi connectivity index (χ4n) is 2.17. The zero-order chi connectivity index (χ0) is 17.3. The van der Waals surface area contributed by atoms with Crippen LogP contribution in [0.5, 0.6) is 5.88 Å². The molecule has 0 bridgehead atoms. The number of fused-ring (bicyclic) bond motifs is 1. The quantitative estimate of drug-likeness (QED) is 0.533. The number of esters is 1. The summed E-state index contributed by atoms with van der Waals surface area (Å²) >= 11 is 5.58. The maximum Gasteiger partial charge on any atom is 0.383 e. The van der Waals surface area contributed by atoms with Crippen molar-refractivity contribution in [3.8, 4) is 5.88 Å². The number of rotatable bonds is 3. The van der Waals surface area contributed by atoms with Gasteiger partial charge < -0.3 is 4.74 Å². The lowest BCUT2D eigenvalue weighted by Gasteiger charge is -2.10. The third-order valence-corrected chi connectivity index (χ3v) is 3.42. The van der Waals surface area contributed by atoms with Crippen molar-refractivity contribution < 1.29 is 13.9 Å². The van der Waals surface area contributed by atoms with Crippen molar-refractivity contribution in [2.45, 2.75) is 19.8 Å². The van der Waals surface area contributed by atoms with Crippen molar-refractivity contribution in [2.24, 2.45) is 0 Å². The maximum atomic E-state index is 13.6. The van der Waals surface area contributed by atoms with E-state index in [9.17, 15) is 9.18 Å². The summed E-state index contributed by atoms with van der Waals surface area (Å²) in [5, 5.41) is 0.613. The summed E-state index contributed by atoms with van der Waals surface area (Å²) in [6.07, 6.45) is 0.818. The van der Waals surface area contributed by atoms with E-state index >= 15 is 0 Å². The number of aromatic nitrogens is 4. The Balaban J connectivity index is 2.02. The Morgan fingerprint density at radius 3 is 2.71 bits per heavy atom. The molecule has 0 fully saturated rings. The number of para-hydroxylation sites is 1. The van der Waals surface area contributed by atoms with Gasteiger partial charge in [-0.3, -0.25) is 0 Å². The van der Waals surface area contributed by atoms with Gasteiger partial charge in [0.1, 0.15) is 0 Å². The van der Waals surface area contributed by atoms with Crippen LogP contribution in [-0.2, 0) is 0 Å². The van der Waals surface area contributed by atoms with Crippen LogP contribution >= 0.6 is 11.6 Å². The minimum Gasteiger partial charge on any atom is -0.398 e. The number of halogens is 2. The van der Waals surface area contributed by atoms with E-state index in [2.05, 4.69) is 19.9 Å². The van der Waals surface area contributed by atoms with Crippen LogP contribution in [0.3, 0.4) is 0 Å². The average Bonchev–Trinajstić information content (AvgIpc) is 2.57. The number of carbonyl (C=O) groups is 1. The zero-order valence-corrected chi connectivity index (χ0v) is 13.6. The molecule has 0 unspecified atom stereocenters. The molecular weight excluding hydrogens is 335 g/mol. The Labute approximate surface area is 141 Å². The smallest absolute Gasteiger partial charge is 0.383 e. The van der Waals surface area contributed by atoms with E-state index in [1.54, 1.807) is 12.1 Å². The van der Waals surface area contributed by atoms with E-state index < -0.39 is 17.7 Å². The van der Waals surface area contributed by atoms with E-state index in [4.69, 9.17) is 16.3 Å². The molecule has 0 saturated carbocycles. The predicted octanol–water partition coefficient (Wildman–Crippen LogP) is 3.55. The van der Waals surface area contributed by atoms with Crippen molar-refractivity contribution in [2.75, 3.05) is 0 Å². The van der Waals surface area contributed by atoms with Crippen LogP contribution in [0.2, 0.25) is 5.28 Å². The van der Waals surface area contributed by atoms with E-state index in [0.29, 0.717) is 11.2 Å². The third kappa shape index (κ3) is 3.16. The molecule has 0 atom stereocenters. The van der Waals surface area contributed by atoms with Gasteiger partial charge in [-0.25, -0.2) is 19.7 Å². The second-order valence-electron chi connectivity index (χ2n) is 5.29. The molecular formula is C16H12ClFN4O2. The molecule has 0 spiro atoms. The first-order valence-electron chi connectivity index (χ1n) is 7.12. The van der Waals surface area contributed by atoms with Gasteiger partial charge in [-0.1, -0.05) is 32.0 Å². The number of hydrogen-bond donors (Lipinski definition) is 0. The van der Waals surface area contributed by atoms with Crippen molar-refractivity contribution in [1.82, 2.24) is 19.9 Å². The van der Waals surface area contributed by atoms with Crippen LogP contribution in [0, 0.1) is 5.82 Å². The lowest BCUT2D eigenvalue weighted by molar-refractivity contribution is 0.0706. The van der Waals surface area contributed by atoms with Crippen molar-refractivity contribution >= 4 is 28.5 Å². The van der Waals surface area contributed by atoms with Crippen LogP contribution < -0.4 is 4.74 Å².